The lowest BCUT2D eigenvalue weighted by atomic mass is 10.1. The zero-order valence-corrected chi connectivity index (χ0v) is 15.3. The van der Waals surface area contributed by atoms with Crippen molar-refractivity contribution in [1.82, 2.24) is 0 Å². The zero-order chi connectivity index (χ0) is 19.9. The summed E-state index contributed by atoms with van der Waals surface area (Å²) in [7, 11) is -3.88. The molecule has 28 heavy (non-hydrogen) atoms. The number of anilines is 2. The zero-order valence-electron chi connectivity index (χ0n) is 14.5. The predicted octanol–water partition coefficient (Wildman–Crippen LogP) is 3.10. The second kappa shape index (κ2) is 6.78. The van der Waals surface area contributed by atoms with Gasteiger partial charge in [0, 0.05) is 18.7 Å². The molecule has 1 fully saturated rings. The number of halogens is 3. The minimum atomic E-state index is -4.53. The molecule has 2 aliphatic heterocycles. The van der Waals surface area contributed by atoms with Crippen LogP contribution in [0, 0.1) is 0 Å². The topological polar surface area (TPSA) is 71.0 Å². The molecule has 2 heterocycles. The summed E-state index contributed by atoms with van der Waals surface area (Å²) in [5.41, 5.74) is 0.165. The fraction of sp³-hybridized carbons (Fsp3) is 0.278. The number of hydrogen-bond acceptors (Lipinski definition) is 5. The molecule has 2 aromatic rings. The van der Waals surface area contributed by atoms with Gasteiger partial charge in [-0.2, -0.15) is 21.6 Å². The van der Waals surface area contributed by atoms with E-state index in [9.17, 15) is 21.6 Å². The maximum absolute atomic E-state index is 13.2. The first kappa shape index (κ1) is 18.8. The number of morpholine rings is 1. The van der Waals surface area contributed by atoms with E-state index in [1.54, 1.807) is 18.2 Å². The first-order valence-electron chi connectivity index (χ1n) is 8.51. The average Bonchev–Trinajstić information content (AvgIpc) is 2.92. The van der Waals surface area contributed by atoms with Gasteiger partial charge in [-0.05, 0) is 30.3 Å². The highest BCUT2D eigenvalue weighted by molar-refractivity contribution is 7.90. The van der Waals surface area contributed by atoms with Gasteiger partial charge in [-0.3, -0.25) is 0 Å². The van der Waals surface area contributed by atoms with Crippen LogP contribution in [-0.2, 0) is 20.9 Å². The molecular formula is C18H16F3N3O3S. The molecule has 0 spiro atoms. The molecule has 1 saturated heterocycles. The quantitative estimate of drug-likeness (QED) is 0.822. The van der Waals surface area contributed by atoms with E-state index in [4.69, 9.17) is 4.74 Å². The number of sulfonamides is 1. The van der Waals surface area contributed by atoms with E-state index >= 15 is 0 Å². The molecule has 0 aromatic heterocycles. The van der Waals surface area contributed by atoms with Crippen molar-refractivity contribution in [3.05, 3.63) is 53.6 Å². The molecule has 2 aromatic carbocycles. The molecule has 0 aliphatic carbocycles. The Hall–Kier alpha value is -2.59. The number of amidine groups is 1. The van der Waals surface area contributed by atoms with Crippen molar-refractivity contribution in [3.8, 4) is 0 Å². The second-order valence-electron chi connectivity index (χ2n) is 6.37. The smallest absolute Gasteiger partial charge is 0.378 e. The second-order valence-corrected chi connectivity index (χ2v) is 7.94. The molecule has 4 rings (SSSR count). The van der Waals surface area contributed by atoms with Crippen molar-refractivity contribution in [2.24, 2.45) is 4.40 Å². The number of benzene rings is 2. The molecule has 1 N–H and O–H groups in total. The summed E-state index contributed by atoms with van der Waals surface area (Å²) >= 11 is 0. The van der Waals surface area contributed by atoms with Crippen LogP contribution in [0.2, 0.25) is 0 Å². The largest absolute Gasteiger partial charge is 0.416 e. The van der Waals surface area contributed by atoms with Crippen molar-refractivity contribution >= 4 is 27.2 Å². The summed E-state index contributed by atoms with van der Waals surface area (Å²) in [6, 6.07) is 9.56. The fourth-order valence-corrected chi connectivity index (χ4v) is 4.39. The summed E-state index contributed by atoms with van der Waals surface area (Å²) in [5, 5.41) is 2.82. The maximum atomic E-state index is 13.2. The molecule has 0 bridgehead atoms. The Labute approximate surface area is 159 Å². The molecule has 0 unspecified atom stereocenters. The van der Waals surface area contributed by atoms with Crippen LogP contribution in [0.25, 0.3) is 0 Å². The van der Waals surface area contributed by atoms with Gasteiger partial charge in [0.15, 0.2) is 5.84 Å². The number of hydrogen-bond donors (Lipinski definition) is 1. The average molecular weight is 411 g/mol. The van der Waals surface area contributed by atoms with Gasteiger partial charge in [0.05, 0.1) is 30.2 Å². The Balaban J connectivity index is 1.78. The summed E-state index contributed by atoms with van der Waals surface area (Å²) in [6.07, 6.45) is -4.53. The molecule has 0 amide bonds. The van der Waals surface area contributed by atoms with Crippen LogP contribution in [0.5, 0.6) is 0 Å². The lowest BCUT2D eigenvalue weighted by molar-refractivity contribution is -0.137. The van der Waals surface area contributed by atoms with Gasteiger partial charge in [-0.1, -0.05) is 12.1 Å². The number of nitrogens with one attached hydrogen (secondary N) is 1. The molecule has 0 saturated carbocycles. The van der Waals surface area contributed by atoms with Gasteiger partial charge in [-0.25, -0.2) is 0 Å². The van der Waals surface area contributed by atoms with Gasteiger partial charge >= 0.3 is 6.18 Å². The molecular weight excluding hydrogens is 395 g/mol. The van der Waals surface area contributed by atoms with Crippen LogP contribution < -0.4 is 10.2 Å². The summed E-state index contributed by atoms with van der Waals surface area (Å²) < 4.78 is 73.2. The third-order valence-corrected chi connectivity index (χ3v) is 5.90. The number of rotatable bonds is 2. The molecule has 0 atom stereocenters. The highest BCUT2D eigenvalue weighted by atomic mass is 32.2. The SMILES string of the molecule is O=S1(=O)N=C(Nc2cc(C(F)(F)F)ccc2N2CCOCC2)c2ccccc21. The number of alkyl halides is 3. The first-order valence-corrected chi connectivity index (χ1v) is 9.95. The molecule has 148 valence electrons. The van der Waals surface area contributed by atoms with Gasteiger partial charge < -0.3 is 15.0 Å². The Kier molecular flexibility index (Phi) is 4.54. The lowest BCUT2D eigenvalue weighted by Crippen LogP contribution is -2.36. The maximum Gasteiger partial charge on any atom is 0.416 e. The van der Waals surface area contributed by atoms with E-state index in [0.717, 1.165) is 12.1 Å². The van der Waals surface area contributed by atoms with E-state index in [0.29, 0.717) is 37.6 Å². The third-order valence-electron chi connectivity index (χ3n) is 4.56. The van der Waals surface area contributed by atoms with E-state index in [-0.39, 0.29) is 16.4 Å². The molecule has 2 aliphatic rings. The Morgan fingerprint density at radius 2 is 1.79 bits per heavy atom. The van der Waals surface area contributed by atoms with Gasteiger partial charge in [0.2, 0.25) is 0 Å². The standard InChI is InChI=1S/C18H16F3N3O3S/c19-18(20,21)12-5-6-15(24-7-9-27-10-8-24)14(11-12)22-17-13-3-1-2-4-16(13)28(25,26)23-17/h1-6,11H,7-10H2,(H,22,23). The minimum absolute atomic E-state index is 0.00411. The Morgan fingerprint density at radius 3 is 2.50 bits per heavy atom. The lowest BCUT2D eigenvalue weighted by Gasteiger charge is -2.31. The van der Waals surface area contributed by atoms with Gasteiger partial charge in [0.1, 0.15) is 4.90 Å². The van der Waals surface area contributed by atoms with Crippen molar-refractivity contribution in [2.75, 3.05) is 36.5 Å². The van der Waals surface area contributed by atoms with Crippen LogP contribution in [0.4, 0.5) is 24.5 Å². The highest BCUT2D eigenvalue weighted by Gasteiger charge is 2.33. The Morgan fingerprint density at radius 1 is 1.07 bits per heavy atom. The normalized spacial score (nSPS) is 18.5. The van der Waals surface area contributed by atoms with E-state index in [1.807, 2.05) is 4.90 Å². The van der Waals surface area contributed by atoms with Crippen molar-refractivity contribution < 1.29 is 26.3 Å². The Bertz CT molecular complexity index is 1050. The van der Waals surface area contributed by atoms with Crippen molar-refractivity contribution in [1.29, 1.82) is 0 Å². The molecule has 6 nitrogen and oxygen atoms in total. The van der Waals surface area contributed by atoms with Crippen molar-refractivity contribution in [3.63, 3.8) is 0 Å². The van der Waals surface area contributed by atoms with Crippen LogP contribution in [0.1, 0.15) is 11.1 Å². The third kappa shape index (κ3) is 3.45. The van der Waals surface area contributed by atoms with Crippen LogP contribution in [0.3, 0.4) is 0 Å². The minimum Gasteiger partial charge on any atom is -0.378 e. The van der Waals surface area contributed by atoms with Crippen LogP contribution in [0.15, 0.2) is 51.8 Å². The van der Waals surface area contributed by atoms with Gasteiger partial charge in [-0.15, -0.1) is 4.40 Å². The summed E-state index contributed by atoms with van der Waals surface area (Å²) in [4.78, 5) is 1.92. The van der Waals surface area contributed by atoms with E-state index in [2.05, 4.69) is 9.71 Å². The highest BCUT2D eigenvalue weighted by Crippen LogP contribution is 2.37. The number of ether oxygens (including phenoxy) is 1. The van der Waals surface area contributed by atoms with E-state index < -0.39 is 21.8 Å². The predicted molar refractivity (Wildman–Crippen MR) is 98.3 cm³/mol. The number of nitrogens with zero attached hydrogens (tertiary/aromatic N) is 2. The van der Waals surface area contributed by atoms with E-state index in [1.165, 1.54) is 12.1 Å². The van der Waals surface area contributed by atoms with Crippen molar-refractivity contribution in [2.45, 2.75) is 11.1 Å². The van der Waals surface area contributed by atoms with Crippen LogP contribution in [-0.4, -0.2) is 40.6 Å². The summed E-state index contributed by atoms with van der Waals surface area (Å²) in [6.45, 7) is 1.94. The van der Waals surface area contributed by atoms with Crippen LogP contribution >= 0.6 is 0 Å². The first-order chi connectivity index (χ1) is 13.3. The monoisotopic (exact) mass is 411 g/mol. The molecule has 10 heteroatoms. The number of fused-ring (bicyclic) bond motifs is 1. The summed E-state index contributed by atoms with van der Waals surface area (Å²) in [5.74, 6) is 0.00411. The fourth-order valence-electron chi connectivity index (χ4n) is 3.22. The molecule has 0 radical (unpaired) electrons. The van der Waals surface area contributed by atoms with Gasteiger partial charge in [0.25, 0.3) is 10.0 Å².